The second kappa shape index (κ2) is 11.2. The first-order valence-electron chi connectivity index (χ1n) is 12.4. The highest BCUT2D eigenvalue weighted by Crippen LogP contribution is 2.23. The van der Waals surface area contributed by atoms with E-state index < -0.39 is 10.0 Å². The second-order valence-electron chi connectivity index (χ2n) is 9.34. The number of sulfonamides is 1. The highest BCUT2D eigenvalue weighted by molar-refractivity contribution is 7.89. The van der Waals surface area contributed by atoms with E-state index in [1.165, 1.54) is 23.6 Å². The average molecular weight is 492 g/mol. The van der Waals surface area contributed by atoms with Crippen LogP contribution in [-0.4, -0.2) is 85.1 Å². The van der Waals surface area contributed by atoms with Gasteiger partial charge in [0.15, 0.2) is 0 Å². The van der Waals surface area contributed by atoms with Gasteiger partial charge in [0, 0.05) is 52.1 Å². The summed E-state index contributed by atoms with van der Waals surface area (Å²) in [5.41, 5.74) is 1.48. The van der Waals surface area contributed by atoms with Gasteiger partial charge in [-0.2, -0.15) is 4.31 Å². The number of carbonyl (C=O) groups is 1. The van der Waals surface area contributed by atoms with Crippen LogP contribution in [-0.2, 0) is 33.0 Å². The van der Waals surface area contributed by atoms with Gasteiger partial charge in [0.25, 0.3) is 0 Å². The smallest absolute Gasteiger partial charge is 0.243 e. The SMILES string of the molecule is C[C@H]1CCCCN1CCCNC(=O)CCc1nc2cc(S(=O)(=O)N3CCOCC3)ccc2n1C. The summed E-state index contributed by atoms with van der Waals surface area (Å²) in [7, 11) is -1.67. The number of rotatable bonds is 9. The number of benzene rings is 1. The zero-order valence-electron chi connectivity index (χ0n) is 20.3. The summed E-state index contributed by atoms with van der Waals surface area (Å²) in [5, 5.41) is 3.03. The molecular weight excluding hydrogens is 454 g/mol. The van der Waals surface area contributed by atoms with E-state index in [4.69, 9.17) is 4.74 Å². The number of morpholine rings is 1. The van der Waals surface area contributed by atoms with Crippen LogP contribution in [0.5, 0.6) is 0 Å². The summed E-state index contributed by atoms with van der Waals surface area (Å²) in [6, 6.07) is 5.70. The van der Waals surface area contributed by atoms with Crippen molar-refractivity contribution in [1.82, 2.24) is 24.1 Å². The van der Waals surface area contributed by atoms with E-state index in [0.29, 0.717) is 57.2 Å². The molecule has 0 spiro atoms. The van der Waals surface area contributed by atoms with E-state index in [1.807, 2.05) is 11.6 Å². The molecular formula is C24H37N5O4S. The number of hydrogen-bond donors (Lipinski definition) is 1. The molecule has 1 aromatic carbocycles. The van der Waals surface area contributed by atoms with Crippen LogP contribution in [0.2, 0.25) is 0 Å². The molecule has 2 fully saturated rings. The molecule has 1 aromatic heterocycles. The van der Waals surface area contributed by atoms with Gasteiger partial charge < -0.3 is 19.5 Å². The number of aromatic nitrogens is 2. The number of aryl methyl sites for hydroxylation is 2. The number of nitrogens with one attached hydrogen (secondary N) is 1. The van der Waals surface area contributed by atoms with Crippen LogP contribution in [0.15, 0.2) is 23.1 Å². The summed E-state index contributed by atoms with van der Waals surface area (Å²) in [4.78, 5) is 19.8. The van der Waals surface area contributed by atoms with Gasteiger partial charge >= 0.3 is 0 Å². The molecule has 1 amide bonds. The maximum atomic E-state index is 13.0. The molecule has 3 heterocycles. The number of piperidine rings is 1. The van der Waals surface area contributed by atoms with Crippen molar-refractivity contribution in [2.75, 3.05) is 45.9 Å². The van der Waals surface area contributed by atoms with Crippen LogP contribution >= 0.6 is 0 Å². The van der Waals surface area contributed by atoms with E-state index in [0.717, 1.165) is 30.9 Å². The third-order valence-electron chi connectivity index (χ3n) is 7.01. The maximum absolute atomic E-state index is 13.0. The van der Waals surface area contributed by atoms with Gasteiger partial charge in [-0.05, 0) is 50.9 Å². The maximum Gasteiger partial charge on any atom is 0.243 e. The lowest BCUT2D eigenvalue weighted by atomic mass is 10.0. The number of nitrogens with zero attached hydrogens (tertiary/aromatic N) is 4. The molecule has 34 heavy (non-hydrogen) atoms. The third-order valence-corrected chi connectivity index (χ3v) is 8.91. The normalized spacial score (nSPS) is 20.6. The van der Waals surface area contributed by atoms with Crippen molar-refractivity contribution in [1.29, 1.82) is 0 Å². The van der Waals surface area contributed by atoms with Gasteiger partial charge in [0.1, 0.15) is 5.82 Å². The predicted molar refractivity (Wildman–Crippen MR) is 131 cm³/mol. The molecule has 2 aromatic rings. The fourth-order valence-electron chi connectivity index (χ4n) is 4.86. The highest BCUT2D eigenvalue weighted by Gasteiger charge is 2.27. The number of amides is 1. The first kappa shape index (κ1) is 25.1. The Bertz CT molecular complexity index is 1090. The summed E-state index contributed by atoms with van der Waals surface area (Å²) < 4.78 is 34.6. The van der Waals surface area contributed by atoms with Crippen molar-refractivity contribution in [3.05, 3.63) is 24.0 Å². The number of imidazole rings is 1. The fraction of sp³-hybridized carbons (Fsp3) is 0.667. The monoisotopic (exact) mass is 491 g/mol. The average Bonchev–Trinajstić information content (AvgIpc) is 3.17. The minimum atomic E-state index is -3.57. The van der Waals surface area contributed by atoms with E-state index in [-0.39, 0.29) is 10.8 Å². The Balaban J connectivity index is 1.30. The lowest BCUT2D eigenvalue weighted by Gasteiger charge is -2.33. The first-order valence-corrected chi connectivity index (χ1v) is 13.8. The lowest BCUT2D eigenvalue weighted by Crippen LogP contribution is -2.40. The molecule has 0 bridgehead atoms. The van der Waals surface area contributed by atoms with Gasteiger partial charge in [-0.25, -0.2) is 13.4 Å². The van der Waals surface area contributed by atoms with Gasteiger partial charge in [-0.3, -0.25) is 4.79 Å². The summed E-state index contributed by atoms with van der Waals surface area (Å²) in [6.07, 6.45) is 5.69. The number of carbonyl (C=O) groups excluding carboxylic acids is 1. The molecule has 1 N–H and O–H groups in total. The lowest BCUT2D eigenvalue weighted by molar-refractivity contribution is -0.121. The third kappa shape index (κ3) is 5.79. The molecule has 2 saturated heterocycles. The Labute approximate surface area is 202 Å². The Morgan fingerprint density at radius 3 is 2.76 bits per heavy atom. The predicted octanol–water partition coefficient (Wildman–Crippen LogP) is 1.91. The Morgan fingerprint density at radius 1 is 1.21 bits per heavy atom. The largest absolute Gasteiger partial charge is 0.379 e. The first-order chi connectivity index (χ1) is 16.4. The van der Waals surface area contributed by atoms with Gasteiger partial charge in [-0.15, -0.1) is 0 Å². The van der Waals surface area contributed by atoms with E-state index in [1.54, 1.807) is 18.2 Å². The molecule has 2 aliphatic rings. The Morgan fingerprint density at radius 2 is 2.00 bits per heavy atom. The summed E-state index contributed by atoms with van der Waals surface area (Å²) in [6.45, 7) is 6.71. The second-order valence-corrected chi connectivity index (χ2v) is 11.3. The minimum Gasteiger partial charge on any atom is -0.379 e. The van der Waals surface area contributed by atoms with Crippen molar-refractivity contribution < 1.29 is 17.9 Å². The molecule has 4 rings (SSSR count). The van der Waals surface area contributed by atoms with Crippen LogP contribution in [0.3, 0.4) is 0 Å². The Kier molecular flexibility index (Phi) is 8.23. The molecule has 10 heteroatoms. The van der Waals surface area contributed by atoms with Crippen molar-refractivity contribution in [3.63, 3.8) is 0 Å². The number of hydrogen-bond acceptors (Lipinski definition) is 6. The molecule has 1 atom stereocenters. The molecule has 9 nitrogen and oxygen atoms in total. The number of ether oxygens (including phenoxy) is 1. The molecule has 0 unspecified atom stereocenters. The minimum absolute atomic E-state index is 0.0225. The van der Waals surface area contributed by atoms with E-state index in [2.05, 4.69) is 22.1 Å². The number of likely N-dealkylation sites (tertiary alicyclic amines) is 1. The van der Waals surface area contributed by atoms with Crippen molar-refractivity contribution in [3.8, 4) is 0 Å². The zero-order valence-corrected chi connectivity index (χ0v) is 21.1. The highest BCUT2D eigenvalue weighted by atomic mass is 32.2. The summed E-state index contributed by atoms with van der Waals surface area (Å²) in [5.74, 6) is 0.794. The standard InChI is InChI=1S/C24H37N5O4S/c1-19-6-3-4-12-28(19)13-5-11-25-24(30)10-9-23-26-21-18-20(7-8-22(21)27(23)2)34(31,32)29-14-16-33-17-15-29/h7-8,18-19H,3-6,9-17H2,1-2H3,(H,25,30)/t19-/m0/s1. The topological polar surface area (TPSA) is 96.8 Å². The number of fused-ring (bicyclic) bond motifs is 1. The molecule has 188 valence electrons. The van der Waals surface area contributed by atoms with E-state index in [9.17, 15) is 13.2 Å². The quantitative estimate of drug-likeness (QED) is 0.539. The Hall–Kier alpha value is -2.01. The molecule has 0 saturated carbocycles. The summed E-state index contributed by atoms with van der Waals surface area (Å²) >= 11 is 0. The molecule has 0 aliphatic carbocycles. The van der Waals surface area contributed by atoms with Gasteiger partial charge in [0.05, 0.1) is 29.1 Å². The van der Waals surface area contributed by atoms with Crippen molar-refractivity contribution in [2.45, 2.75) is 56.4 Å². The van der Waals surface area contributed by atoms with Crippen LogP contribution < -0.4 is 5.32 Å². The van der Waals surface area contributed by atoms with E-state index >= 15 is 0 Å². The fourth-order valence-corrected chi connectivity index (χ4v) is 6.29. The van der Waals surface area contributed by atoms with Crippen LogP contribution in [0.1, 0.15) is 44.9 Å². The molecule has 0 radical (unpaired) electrons. The van der Waals surface area contributed by atoms with Crippen molar-refractivity contribution >= 4 is 27.0 Å². The van der Waals surface area contributed by atoms with Gasteiger partial charge in [0.2, 0.25) is 15.9 Å². The molecule has 2 aliphatic heterocycles. The van der Waals surface area contributed by atoms with Crippen molar-refractivity contribution in [2.24, 2.45) is 7.05 Å². The van der Waals surface area contributed by atoms with Crippen LogP contribution in [0.25, 0.3) is 11.0 Å². The van der Waals surface area contributed by atoms with Crippen LogP contribution in [0.4, 0.5) is 0 Å². The zero-order chi connectivity index (χ0) is 24.1. The van der Waals surface area contributed by atoms with Gasteiger partial charge in [-0.1, -0.05) is 6.42 Å². The van der Waals surface area contributed by atoms with Crippen LogP contribution in [0, 0.1) is 0 Å².